The second-order valence-corrected chi connectivity index (χ2v) is 13.3. The molecule has 0 radical (unpaired) electrons. The molecule has 51 heavy (non-hydrogen) atoms. The first-order valence-corrected chi connectivity index (χ1v) is 17.6. The topological polar surface area (TPSA) is 3.24 Å². The molecule has 0 heterocycles. The van der Waals surface area contributed by atoms with E-state index in [4.69, 9.17) is 0 Å². The monoisotopic (exact) mass is 647 g/mol. The van der Waals surface area contributed by atoms with Crippen molar-refractivity contribution in [2.45, 2.75) is 0 Å². The maximum atomic E-state index is 2.44. The molecule has 0 bridgehead atoms. The second-order valence-electron chi connectivity index (χ2n) is 13.3. The number of fused-ring (bicyclic) bond motifs is 8. The highest BCUT2D eigenvalue weighted by Gasteiger charge is 2.19. The van der Waals surface area contributed by atoms with Gasteiger partial charge in [0.25, 0.3) is 0 Å². The third kappa shape index (κ3) is 4.94. The Labute approximate surface area is 297 Å². The van der Waals surface area contributed by atoms with Gasteiger partial charge in [-0.15, -0.1) is 0 Å². The normalized spacial score (nSPS) is 11.5. The maximum absolute atomic E-state index is 2.44. The van der Waals surface area contributed by atoms with Gasteiger partial charge in [-0.1, -0.05) is 170 Å². The summed E-state index contributed by atoms with van der Waals surface area (Å²) in [5.41, 5.74) is 8.19. The standard InChI is InChI=1S/C50H33N/c1-2-13-34(14-3-1)36-17-10-19-39(31-36)51(50-33-38-16-5-7-22-42(38)44-23-8-9-24-49(44)50)40-20-11-18-37(32-40)43-25-12-26-45-47(43)30-29-46-41-21-6-4-15-35(41)27-28-48(45)46/h1-33H. The predicted molar refractivity (Wildman–Crippen MR) is 220 cm³/mol. The van der Waals surface area contributed by atoms with Gasteiger partial charge >= 0.3 is 0 Å². The van der Waals surface area contributed by atoms with Crippen LogP contribution in [0.25, 0.3) is 76.1 Å². The molecule has 0 atom stereocenters. The SMILES string of the molecule is c1ccc(-c2cccc(N(c3cccc(-c4cccc5c4ccc4c6ccccc6ccc54)c3)c3cc4ccccc4c4ccccc34)c2)cc1. The zero-order valence-corrected chi connectivity index (χ0v) is 28.0. The Morgan fingerprint density at radius 1 is 0.255 bits per heavy atom. The molecule has 1 heteroatoms. The van der Waals surface area contributed by atoms with Crippen LogP contribution < -0.4 is 4.90 Å². The molecule has 0 aliphatic rings. The van der Waals surface area contributed by atoms with Gasteiger partial charge in [0.2, 0.25) is 0 Å². The number of hydrogen-bond acceptors (Lipinski definition) is 1. The third-order valence-electron chi connectivity index (χ3n) is 10.4. The fourth-order valence-corrected chi connectivity index (χ4v) is 8.02. The quantitative estimate of drug-likeness (QED) is 0.168. The summed E-state index contributed by atoms with van der Waals surface area (Å²) in [7, 11) is 0. The van der Waals surface area contributed by atoms with Gasteiger partial charge in [-0.3, -0.25) is 0 Å². The Balaban J connectivity index is 1.20. The van der Waals surface area contributed by atoms with Crippen molar-refractivity contribution in [3.63, 3.8) is 0 Å². The number of benzene rings is 10. The molecule has 10 aromatic rings. The molecular weight excluding hydrogens is 615 g/mol. The van der Waals surface area contributed by atoms with Gasteiger partial charge in [0.1, 0.15) is 0 Å². The Kier molecular flexibility index (Phi) is 6.89. The highest BCUT2D eigenvalue weighted by atomic mass is 15.1. The van der Waals surface area contributed by atoms with Crippen LogP contribution in [-0.2, 0) is 0 Å². The lowest BCUT2D eigenvalue weighted by Gasteiger charge is -2.28. The van der Waals surface area contributed by atoms with Crippen LogP contribution in [0.1, 0.15) is 0 Å². The number of rotatable bonds is 5. The summed E-state index contributed by atoms with van der Waals surface area (Å²) >= 11 is 0. The van der Waals surface area contributed by atoms with E-state index in [0.717, 1.165) is 17.1 Å². The molecule has 238 valence electrons. The first-order valence-electron chi connectivity index (χ1n) is 17.6. The first kappa shape index (κ1) is 29.2. The molecule has 0 aliphatic carbocycles. The minimum atomic E-state index is 1.11. The van der Waals surface area contributed by atoms with E-state index in [0.29, 0.717) is 0 Å². The molecule has 0 unspecified atom stereocenters. The van der Waals surface area contributed by atoms with Gasteiger partial charge in [-0.2, -0.15) is 0 Å². The molecule has 0 saturated carbocycles. The maximum Gasteiger partial charge on any atom is 0.0546 e. The first-order chi connectivity index (χ1) is 25.3. The smallest absolute Gasteiger partial charge is 0.0546 e. The Bertz CT molecular complexity index is 2920. The summed E-state index contributed by atoms with van der Waals surface area (Å²) in [5, 5.41) is 12.6. The van der Waals surface area contributed by atoms with Crippen LogP contribution in [0.2, 0.25) is 0 Å². The minimum Gasteiger partial charge on any atom is -0.310 e. The predicted octanol–water partition coefficient (Wildman–Crippen LogP) is 14.3. The molecule has 1 nitrogen and oxygen atoms in total. The average molecular weight is 648 g/mol. The molecule has 0 spiro atoms. The van der Waals surface area contributed by atoms with Crippen molar-refractivity contribution < 1.29 is 0 Å². The van der Waals surface area contributed by atoms with Crippen LogP contribution in [0.15, 0.2) is 200 Å². The molecule has 0 saturated heterocycles. The highest BCUT2D eigenvalue weighted by Crippen LogP contribution is 2.44. The van der Waals surface area contributed by atoms with Gasteiger partial charge < -0.3 is 4.90 Å². The van der Waals surface area contributed by atoms with Crippen molar-refractivity contribution >= 4 is 70.9 Å². The summed E-state index contributed by atoms with van der Waals surface area (Å²) in [6.07, 6.45) is 0. The lowest BCUT2D eigenvalue weighted by atomic mass is 9.92. The largest absolute Gasteiger partial charge is 0.310 e. The molecule has 0 aliphatic heterocycles. The van der Waals surface area contributed by atoms with Crippen LogP contribution in [0, 0.1) is 0 Å². The van der Waals surface area contributed by atoms with Crippen LogP contribution in [0.5, 0.6) is 0 Å². The van der Waals surface area contributed by atoms with E-state index in [-0.39, 0.29) is 0 Å². The van der Waals surface area contributed by atoms with Gasteiger partial charge in [0.05, 0.1) is 5.69 Å². The number of anilines is 3. The fraction of sp³-hybridized carbons (Fsp3) is 0. The average Bonchev–Trinajstić information content (AvgIpc) is 3.21. The van der Waals surface area contributed by atoms with Gasteiger partial charge in [-0.25, -0.2) is 0 Å². The van der Waals surface area contributed by atoms with Crippen molar-refractivity contribution in [2.75, 3.05) is 4.90 Å². The van der Waals surface area contributed by atoms with E-state index in [2.05, 4.69) is 205 Å². The molecule has 0 N–H and O–H groups in total. The van der Waals surface area contributed by atoms with Crippen LogP contribution >= 0.6 is 0 Å². The second kappa shape index (κ2) is 12.0. The molecule has 0 fully saturated rings. The van der Waals surface area contributed by atoms with Crippen molar-refractivity contribution in [1.29, 1.82) is 0 Å². The zero-order valence-electron chi connectivity index (χ0n) is 28.0. The number of hydrogen-bond donors (Lipinski definition) is 0. The van der Waals surface area contributed by atoms with E-state index in [1.54, 1.807) is 0 Å². The van der Waals surface area contributed by atoms with Gasteiger partial charge in [0.15, 0.2) is 0 Å². The van der Waals surface area contributed by atoms with E-state index in [9.17, 15) is 0 Å². The Morgan fingerprint density at radius 3 is 1.55 bits per heavy atom. The lowest BCUT2D eigenvalue weighted by molar-refractivity contribution is 1.30. The number of nitrogens with zero attached hydrogens (tertiary/aromatic N) is 1. The van der Waals surface area contributed by atoms with Crippen molar-refractivity contribution in [1.82, 2.24) is 0 Å². The zero-order chi connectivity index (χ0) is 33.7. The molecular formula is C50H33N. The molecule has 10 rings (SSSR count). The summed E-state index contributed by atoms with van der Waals surface area (Å²) in [5.74, 6) is 0. The van der Waals surface area contributed by atoms with E-state index in [1.807, 2.05) is 0 Å². The van der Waals surface area contributed by atoms with E-state index >= 15 is 0 Å². The van der Waals surface area contributed by atoms with Crippen LogP contribution in [0.3, 0.4) is 0 Å². The lowest BCUT2D eigenvalue weighted by Crippen LogP contribution is -2.11. The summed E-state index contributed by atoms with van der Waals surface area (Å²) in [6.45, 7) is 0. The van der Waals surface area contributed by atoms with E-state index < -0.39 is 0 Å². The minimum absolute atomic E-state index is 1.11. The van der Waals surface area contributed by atoms with Crippen LogP contribution in [-0.4, -0.2) is 0 Å². The van der Waals surface area contributed by atoms with E-state index in [1.165, 1.54) is 76.1 Å². The fourth-order valence-electron chi connectivity index (χ4n) is 8.02. The molecule has 0 aromatic heterocycles. The van der Waals surface area contributed by atoms with Gasteiger partial charge in [-0.05, 0) is 101 Å². The van der Waals surface area contributed by atoms with Crippen molar-refractivity contribution in [3.05, 3.63) is 200 Å². The van der Waals surface area contributed by atoms with Crippen molar-refractivity contribution in [2.24, 2.45) is 0 Å². The Hall–Kier alpha value is -6.70. The highest BCUT2D eigenvalue weighted by molar-refractivity contribution is 6.19. The third-order valence-corrected chi connectivity index (χ3v) is 10.4. The summed E-state index contributed by atoms with van der Waals surface area (Å²) in [6, 6.07) is 73.1. The molecule has 10 aromatic carbocycles. The van der Waals surface area contributed by atoms with Crippen LogP contribution in [0.4, 0.5) is 17.1 Å². The summed E-state index contributed by atoms with van der Waals surface area (Å²) < 4.78 is 0. The molecule has 0 amide bonds. The van der Waals surface area contributed by atoms with Gasteiger partial charge in [0, 0.05) is 16.8 Å². The van der Waals surface area contributed by atoms with Crippen molar-refractivity contribution in [3.8, 4) is 22.3 Å². The Morgan fingerprint density at radius 2 is 0.745 bits per heavy atom. The summed E-state index contributed by atoms with van der Waals surface area (Å²) in [4.78, 5) is 2.44.